The van der Waals surface area contributed by atoms with Gasteiger partial charge in [-0.05, 0) is 32.3 Å². The average Bonchev–Trinajstić information content (AvgIpc) is 2.55. The Morgan fingerprint density at radius 1 is 1.40 bits per heavy atom. The number of fused-ring (bicyclic) bond motifs is 1. The third-order valence-electron chi connectivity index (χ3n) is 5.83. The van der Waals surface area contributed by atoms with Gasteiger partial charge in [0.15, 0.2) is 0 Å². The Kier molecular flexibility index (Phi) is 4.07. The average molecular weight is 341 g/mol. The molecule has 2 aliphatic rings. The molecule has 0 saturated heterocycles. The second-order valence-corrected chi connectivity index (χ2v) is 7.08. The van der Waals surface area contributed by atoms with Crippen molar-refractivity contribution in [1.82, 2.24) is 15.1 Å². The topological polar surface area (TPSA) is 73.2 Å². The Morgan fingerprint density at radius 3 is 2.92 bits per heavy atom. The molecule has 1 N–H and O–H groups in total. The van der Waals surface area contributed by atoms with Crippen molar-refractivity contribution in [2.75, 3.05) is 6.61 Å². The summed E-state index contributed by atoms with van der Waals surface area (Å²) in [5.41, 5.74) is -0.111. The third kappa shape index (κ3) is 2.65. The highest BCUT2D eigenvalue weighted by Crippen LogP contribution is 2.57. The van der Waals surface area contributed by atoms with E-state index in [-0.39, 0.29) is 35.6 Å². The zero-order valence-electron chi connectivity index (χ0n) is 14.4. The molecule has 2 fully saturated rings. The molecule has 132 valence electrons. The summed E-state index contributed by atoms with van der Waals surface area (Å²) >= 11 is 0. The van der Waals surface area contributed by atoms with Crippen LogP contribution >= 0.6 is 0 Å². The fourth-order valence-electron chi connectivity index (χ4n) is 4.26. The molecule has 1 amide bonds. The lowest BCUT2D eigenvalue weighted by Crippen LogP contribution is -2.68. The number of amides is 1. The highest BCUT2D eigenvalue weighted by Gasteiger charge is 2.59. The van der Waals surface area contributed by atoms with E-state index >= 15 is 0 Å². The molecule has 1 spiro atoms. The molecule has 1 aromatic carbocycles. The molecular formula is C19H23N3O3. The predicted octanol–water partition coefficient (Wildman–Crippen LogP) is 1.86. The summed E-state index contributed by atoms with van der Waals surface area (Å²) in [6.07, 6.45) is 6.17. The first-order valence-corrected chi connectivity index (χ1v) is 9.00. The van der Waals surface area contributed by atoms with Crippen molar-refractivity contribution in [1.29, 1.82) is 0 Å². The van der Waals surface area contributed by atoms with Crippen LogP contribution < -0.4 is 10.9 Å². The van der Waals surface area contributed by atoms with Crippen molar-refractivity contribution < 1.29 is 9.53 Å². The predicted molar refractivity (Wildman–Crippen MR) is 94.2 cm³/mol. The highest BCUT2D eigenvalue weighted by molar-refractivity contribution is 5.81. The molecule has 0 unspecified atom stereocenters. The van der Waals surface area contributed by atoms with E-state index in [0.29, 0.717) is 12.0 Å². The van der Waals surface area contributed by atoms with Crippen molar-refractivity contribution in [2.24, 2.45) is 5.41 Å². The van der Waals surface area contributed by atoms with Gasteiger partial charge >= 0.3 is 0 Å². The van der Waals surface area contributed by atoms with E-state index in [9.17, 15) is 9.59 Å². The van der Waals surface area contributed by atoms with Gasteiger partial charge in [-0.3, -0.25) is 9.59 Å². The van der Waals surface area contributed by atoms with Gasteiger partial charge in [-0.15, -0.1) is 0 Å². The summed E-state index contributed by atoms with van der Waals surface area (Å²) in [5.74, 6) is -0.156. The van der Waals surface area contributed by atoms with Crippen LogP contribution in [0.2, 0.25) is 0 Å². The van der Waals surface area contributed by atoms with Crippen LogP contribution in [0.15, 0.2) is 35.3 Å². The van der Waals surface area contributed by atoms with Gasteiger partial charge in [0.05, 0.1) is 17.7 Å². The lowest BCUT2D eigenvalue weighted by Gasteiger charge is -2.61. The maximum Gasteiger partial charge on any atom is 0.275 e. The Morgan fingerprint density at radius 2 is 2.20 bits per heavy atom. The molecule has 4 rings (SSSR count). The van der Waals surface area contributed by atoms with Gasteiger partial charge in [0.2, 0.25) is 5.91 Å². The summed E-state index contributed by atoms with van der Waals surface area (Å²) in [4.78, 5) is 24.9. The summed E-state index contributed by atoms with van der Waals surface area (Å²) < 4.78 is 7.05. The number of carbonyl (C=O) groups is 1. The van der Waals surface area contributed by atoms with Crippen molar-refractivity contribution >= 4 is 16.7 Å². The number of hydrogen-bond acceptors (Lipinski definition) is 4. The van der Waals surface area contributed by atoms with Crippen LogP contribution in [0.5, 0.6) is 0 Å². The van der Waals surface area contributed by atoms with Crippen LogP contribution in [0.4, 0.5) is 0 Å². The molecule has 1 heterocycles. The zero-order chi connectivity index (χ0) is 17.4. The van der Waals surface area contributed by atoms with E-state index in [0.717, 1.165) is 24.6 Å². The molecule has 2 aromatic rings. The smallest absolute Gasteiger partial charge is 0.275 e. The van der Waals surface area contributed by atoms with Gasteiger partial charge < -0.3 is 10.1 Å². The first-order valence-electron chi connectivity index (χ1n) is 9.00. The van der Waals surface area contributed by atoms with Crippen LogP contribution in [0.1, 0.15) is 32.6 Å². The number of ether oxygens (including phenoxy) is 1. The number of carbonyl (C=O) groups excluding carboxylic acids is 1. The fourth-order valence-corrected chi connectivity index (χ4v) is 4.26. The molecule has 2 saturated carbocycles. The molecule has 6 nitrogen and oxygen atoms in total. The van der Waals surface area contributed by atoms with Gasteiger partial charge in [0.1, 0.15) is 6.54 Å². The summed E-state index contributed by atoms with van der Waals surface area (Å²) in [5, 5.41) is 8.61. The number of nitrogens with zero attached hydrogens (tertiary/aromatic N) is 2. The van der Waals surface area contributed by atoms with E-state index in [1.807, 2.05) is 25.1 Å². The van der Waals surface area contributed by atoms with Gasteiger partial charge in [-0.25, -0.2) is 4.68 Å². The Hall–Kier alpha value is -2.21. The van der Waals surface area contributed by atoms with Crippen LogP contribution in [-0.2, 0) is 16.1 Å². The maximum atomic E-state index is 12.5. The third-order valence-corrected chi connectivity index (χ3v) is 5.83. The number of hydrogen-bond donors (Lipinski definition) is 1. The van der Waals surface area contributed by atoms with Crippen molar-refractivity contribution in [2.45, 2.75) is 51.3 Å². The Labute approximate surface area is 146 Å². The summed E-state index contributed by atoms with van der Waals surface area (Å²) in [6.45, 7) is 2.68. The lowest BCUT2D eigenvalue weighted by atomic mass is 9.51. The van der Waals surface area contributed by atoms with Crippen LogP contribution in [-0.4, -0.2) is 34.4 Å². The summed E-state index contributed by atoms with van der Waals surface area (Å²) in [6, 6.07) is 7.44. The SMILES string of the molecule is CCO[C@@H]1C[C@H](NC(=O)Cn2ncc3ccccc3c2=O)C12CCC2. The molecule has 25 heavy (non-hydrogen) atoms. The Balaban J connectivity index is 1.45. The van der Waals surface area contributed by atoms with Crippen LogP contribution in [0.25, 0.3) is 10.8 Å². The lowest BCUT2D eigenvalue weighted by molar-refractivity contribution is -0.176. The van der Waals surface area contributed by atoms with Gasteiger partial charge in [0.25, 0.3) is 5.56 Å². The van der Waals surface area contributed by atoms with Gasteiger partial charge in [-0.2, -0.15) is 5.10 Å². The number of nitrogens with one attached hydrogen (secondary N) is 1. The second-order valence-electron chi connectivity index (χ2n) is 7.08. The molecule has 2 aliphatic carbocycles. The van der Waals surface area contributed by atoms with E-state index in [1.165, 1.54) is 11.1 Å². The second kappa shape index (κ2) is 6.26. The summed E-state index contributed by atoms with van der Waals surface area (Å²) in [7, 11) is 0. The molecule has 0 radical (unpaired) electrons. The van der Waals surface area contributed by atoms with Crippen molar-refractivity contribution in [3.8, 4) is 0 Å². The van der Waals surface area contributed by atoms with Crippen molar-refractivity contribution in [3.05, 3.63) is 40.8 Å². The first-order chi connectivity index (χ1) is 12.1. The minimum Gasteiger partial charge on any atom is -0.378 e. The fraction of sp³-hybridized carbons (Fsp3) is 0.526. The van der Waals surface area contributed by atoms with E-state index < -0.39 is 0 Å². The molecular weight excluding hydrogens is 318 g/mol. The van der Waals surface area contributed by atoms with Crippen LogP contribution in [0.3, 0.4) is 0 Å². The van der Waals surface area contributed by atoms with Crippen molar-refractivity contribution in [3.63, 3.8) is 0 Å². The Bertz CT molecular complexity index is 856. The number of aromatic nitrogens is 2. The molecule has 6 heteroatoms. The maximum absolute atomic E-state index is 12.5. The quantitative estimate of drug-likeness (QED) is 0.901. The standard InChI is InChI=1S/C19H23N3O3/c1-2-25-16-10-15(19(16)8-5-9-19)21-17(23)12-22-18(24)14-7-4-3-6-13(14)11-20-22/h3-4,6-7,11,15-16H,2,5,8-10,12H2,1H3,(H,21,23)/t15-,16+/m0/s1. The first kappa shape index (κ1) is 16.3. The minimum absolute atomic E-state index is 0.0461. The molecule has 0 aliphatic heterocycles. The molecule has 0 bridgehead atoms. The van der Waals surface area contributed by atoms with Gasteiger partial charge in [0, 0.05) is 23.4 Å². The molecule has 2 atom stereocenters. The highest BCUT2D eigenvalue weighted by atomic mass is 16.5. The molecule has 1 aromatic heterocycles. The van der Waals surface area contributed by atoms with Gasteiger partial charge in [-0.1, -0.05) is 24.6 Å². The number of benzene rings is 1. The number of rotatable bonds is 5. The normalized spacial score (nSPS) is 23.9. The zero-order valence-corrected chi connectivity index (χ0v) is 14.4. The van der Waals surface area contributed by atoms with Crippen LogP contribution in [0, 0.1) is 5.41 Å². The van der Waals surface area contributed by atoms with E-state index in [1.54, 1.807) is 12.3 Å². The minimum atomic E-state index is -0.229. The monoisotopic (exact) mass is 341 g/mol. The van der Waals surface area contributed by atoms with E-state index in [4.69, 9.17) is 4.74 Å². The largest absolute Gasteiger partial charge is 0.378 e. The van der Waals surface area contributed by atoms with E-state index in [2.05, 4.69) is 10.4 Å².